The van der Waals surface area contributed by atoms with Crippen molar-refractivity contribution in [3.63, 3.8) is 0 Å². The van der Waals surface area contributed by atoms with E-state index in [9.17, 15) is 13.2 Å². The van der Waals surface area contributed by atoms with E-state index >= 15 is 0 Å². The molecule has 0 bridgehead atoms. The molecule has 2 nitrogen and oxygen atoms in total. The molecule has 118 valence electrons. The Balaban J connectivity index is 1.84. The number of halogens is 4. The molecule has 0 N–H and O–H groups in total. The minimum absolute atomic E-state index is 0.0824. The summed E-state index contributed by atoms with van der Waals surface area (Å²) in [7, 11) is 0. The van der Waals surface area contributed by atoms with Crippen molar-refractivity contribution in [3.05, 3.63) is 87.7 Å². The number of hydrogen-bond donors (Lipinski definition) is 0. The molecule has 0 aliphatic carbocycles. The number of nitrogens with zero attached hydrogens (tertiary/aromatic N) is 2. The number of hydrogen-bond acceptors (Lipinski definition) is 1. The van der Waals surface area contributed by atoms with Gasteiger partial charge in [-0.25, -0.2) is 18.2 Å². The number of imidazole rings is 1. The molecule has 1 aromatic heterocycles. The van der Waals surface area contributed by atoms with Crippen LogP contribution in [0.3, 0.4) is 0 Å². The second kappa shape index (κ2) is 6.58. The molecule has 0 spiro atoms. The summed E-state index contributed by atoms with van der Waals surface area (Å²) in [5, 5.41) is 0. The standard InChI is InChI=1S/C17H12BrF3N2/c18-13-4-1-11(2-5-13)9-15-22-7-8-23(15)10-12-3-6-14(19)17(21)16(12)20/h1-8H,9-10H2. The summed E-state index contributed by atoms with van der Waals surface area (Å²) in [4.78, 5) is 4.26. The molecule has 3 rings (SSSR count). The highest BCUT2D eigenvalue weighted by atomic mass is 79.9. The maximum atomic E-state index is 13.8. The van der Waals surface area contributed by atoms with Gasteiger partial charge in [0.25, 0.3) is 0 Å². The maximum absolute atomic E-state index is 13.8. The van der Waals surface area contributed by atoms with E-state index in [1.54, 1.807) is 17.0 Å². The van der Waals surface area contributed by atoms with Crippen LogP contribution in [0.1, 0.15) is 17.0 Å². The molecular weight excluding hydrogens is 369 g/mol. The zero-order valence-corrected chi connectivity index (χ0v) is 13.5. The highest BCUT2D eigenvalue weighted by molar-refractivity contribution is 9.10. The van der Waals surface area contributed by atoms with Gasteiger partial charge in [-0.3, -0.25) is 0 Å². The molecule has 0 saturated carbocycles. The molecule has 0 atom stereocenters. The average Bonchev–Trinajstić information content (AvgIpc) is 2.97. The molecular formula is C17H12BrF3N2. The predicted octanol–water partition coefficient (Wildman–Crippen LogP) is 4.70. The summed E-state index contributed by atoms with van der Waals surface area (Å²) >= 11 is 3.37. The summed E-state index contributed by atoms with van der Waals surface area (Å²) in [5.74, 6) is -3.08. The number of rotatable bonds is 4. The molecule has 0 saturated heterocycles. The van der Waals surface area contributed by atoms with Gasteiger partial charge in [-0.2, -0.15) is 0 Å². The molecule has 2 aromatic carbocycles. The van der Waals surface area contributed by atoms with Crippen LogP contribution in [0, 0.1) is 17.5 Å². The van der Waals surface area contributed by atoms with Crippen molar-refractivity contribution in [2.45, 2.75) is 13.0 Å². The van der Waals surface area contributed by atoms with Crippen LogP contribution >= 0.6 is 15.9 Å². The lowest BCUT2D eigenvalue weighted by Gasteiger charge is -2.10. The van der Waals surface area contributed by atoms with Crippen LogP contribution in [0.4, 0.5) is 13.2 Å². The Morgan fingerprint density at radius 3 is 2.43 bits per heavy atom. The first-order valence-electron chi connectivity index (χ1n) is 6.91. The van der Waals surface area contributed by atoms with Crippen LogP contribution in [0.2, 0.25) is 0 Å². The Hall–Kier alpha value is -2.08. The first-order chi connectivity index (χ1) is 11.0. The first-order valence-corrected chi connectivity index (χ1v) is 7.70. The first kappa shape index (κ1) is 15.8. The molecule has 0 aliphatic heterocycles. The molecule has 0 fully saturated rings. The zero-order chi connectivity index (χ0) is 16.4. The molecule has 0 amide bonds. The third-order valence-electron chi connectivity index (χ3n) is 3.53. The third-order valence-corrected chi connectivity index (χ3v) is 4.06. The van der Waals surface area contributed by atoms with Gasteiger partial charge in [-0.05, 0) is 23.8 Å². The fourth-order valence-corrected chi connectivity index (χ4v) is 2.57. The Morgan fingerprint density at radius 2 is 1.70 bits per heavy atom. The molecule has 0 unspecified atom stereocenters. The quantitative estimate of drug-likeness (QED) is 0.599. The van der Waals surface area contributed by atoms with Crippen LogP contribution in [0.5, 0.6) is 0 Å². The lowest BCUT2D eigenvalue weighted by atomic mass is 10.1. The zero-order valence-electron chi connectivity index (χ0n) is 11.9. The largest absolute Gasteiger partial charge is 0.330 e. The summed E-state index contributed by atoms with van der Waals surface area (Å²) in [6.07, 6.45) is 3.85. The van der Waals surface area contributed by atoms with Crippen LogP contribution in [-0.4, -0.2) is 9.55 Å². The smallest absolute Gasteiger partial charge is 0.194 e. The molecule has 1 heterocycles. The molecule has 6 heteroatoms. The van der Waals surface area contributed by atoms with E-state index in [4.69, 9.17) is 0 Å². The van der Waals surface area contributed by atoms with E-state index in [2.05, 4.69) is 20.9 Å². The average molecular weight is 381 g/mol. The van der Waals surface area contributed by atoms with Crippen molar-refractivity contribution in [2.75, 3.05) is 0 Å². The van der Waals surface area contributed by atoms with Gasteiger partial charge in [0, 0.05) is 28.9 Å². The van der Waals surface area contributed by atoms with Crippen LogP contribution in [0.25, 0.3) is 0 Å². The van der Waals surface area contributed by atoms with E-state index in [1.165, 1.54) is 6.07 Å². The summed E-state index contributed by atoms with van der Waals surface area (Å²) in [6, 6.07) is 9.95. The topological polar surface area (TPSA) is 17.8 Å². The predicted molar refractivity (Wildman–Crippen MR) is 84.6 cm³/mol. The van der Waals surface area contributed by atoms with Crippen molar-refractivity contribution in [3.8, 4) is 0 Å². The van der Waals surface area contributed by atoms with E-state index in [0.29, 0.717) is 6.42 Å². The van der Waals surface area contributed by atoms with Crippen molar-refractivity contribution in [1.29, 1.82) is 0 Å². The summed E-state index contributed by atoms with van der Waals surface area (Å²) in [6.45, 7) is 0.0922. The fourth-order valence-electron chi connectivity index (χ4n) is 2.31. The number of benzene rings is 2. The normalized spacial score (nSPS) is 11.0. The Kier molecular flexibility index (Phi) is 4.52. The number of aromatic nitrogens is 2. The van der Waals surface area contributed by atoms with Gasteiger partial charge in [0.2, 0.25) is 0 Å². The SMILES string of the molecule is Fc1ccc(Cn2ccnc2Cc2ccc(Br)cc2)c(F)c1F. The molecule has 0 aliphatic rings. The van der Waals surface area contributed by atoms with E-state index < -0.39 is 17.5 Å². The lowest BCUT2D eigenvalue weighted by Crippen LogP contribution is -2.08. The van der Waals surface area contributed by atoms with Crippen molar-refractivity contribution in [1.82, 2.24) is 9.55 Å². The minimum atomic E-state index is -1.45. The summed E-state index contributed by atoms with van der Waals surface area (Å²) < 4.78 is 42.8. The fraction of sp³-hybridized carbons (Fsp3) is 0.118. The van der Waals surface area contributed by atoms with Gasteiger partial charge in [-0.15, -0.1) is 0 Å². The molecule has 0 radical (unpaired) electrons. The monoisotopic (exact) mass is 380 g/mol. The van der Waals surface area contributed by atoms with E-state index in [-0.39, 0.29) is 12.1 Å². The second-order valence-electron chi connectivity index (χ2n) is 5.11. The Bertz CT molecular complexity index is 828. The maximum Gasteiger partial charge on any atom is 0.194 e. The van der Waals surface area contributed by atoms with Crippen LogP contribution < -0.4 is 0 Å². The van der Waals surface area contributed by atoms with Gasteiger partial charge in [0.05, 0.1) is 6.54 Å². The van der Waals surface area contributed by atoms with Crippen LogP contribution in [0.15, 0.2) is 53.3 Å². The lowest BCUT2D eigenvalue weighted by molar-refractivity contribution is 0.439. The van der Waals surface area contributed by atoms with Gasteiger partial charge in [0.15, 0.2) is 17.5 Å². The summed E-state index contributed by atoms with van der Waals surface area (Å²) in [5.41, 5.74) is 1.13. The Labute approximate surface area is 139 Å². The van der Waals surface area contributed by atoms with Gasteiger partial charge < -0.3 is 4.57 Å². The minimum Gasteiger partial charge on any atom is -0.330 e. The van der Waals surface area contributed by atoms with Gasteiger partial charge >= 0.3 is 0 Å². The highest BCUT2D eigenvalue weighted by Gasteiger charge is 2.14. The third kappa shape index (κ3) is 3.47. The van der Waals surface area contributed by atoms with Crippen molar-refractivity contribution < 1.29 is 13.2 Å². The molecule has 3 aromatic rings. The second-order valence-corrected chi connectivity index (χ2v) is 6.02. The van der Waals surface area contributed by atoms with Crippen molar-refractivity contribution >= 4 is 15.9 Å². The van der Waals surface area contributed by atoms with E-state index in [1.807, 2.05) is 24.3 Å². The van der Waals surface area contributed by atoms with Gasteiger partial charge in [0.1, 0.15) is 5.82 Å². The van der Waals surface area contributed by atoms with Crippen molar-refractivity contribution in [2.24, 2.45) is 0 Å². The highest BCUT2D eigenvalue weighted by Crippen LogP contribution is 2.18. The van der Waals surface area contributed by atoms with Crippen LogP contribution in [-0.2, 0) is 13.0 Å². The van der Waals surface area contributed by atoms with Gasteiger partial charge in [-0.1, -0.05) is 34.1 Å². The van der Waals surface area contributed by atoms with E-state index in [0.717, 1.165) is 21.9 Å². The Morgan fingerprint density at radius 1 is 0.957 bits per heavy atom. The molecule has 23 heavy (non-hydrogen) atoms.